The van der Waals surface area contributed by atoms with Gasteiger partial charge in [-0.25, -0.2) is 4.79 Å². The summed E-state index contributed by atoms with van der Waals surface area (Å²) >= 11 is 0. The van der Waals surface area contributed by atoms with Gasteiger partial charge < -0.3 is 14.5 Å². The van der Waals surface area contributed by atoms with Crippen LogP contribution in [-0.2, 0) is 13.0 Å². The SMILES string of the molecule is COc1ccc(CC[NH2+]Cc2cc(=O)oc3c(C)c(C)ccc23)cc1. The molecular weight excluding hydrogens is 314 g/mol. The molecule has 4 nitrogen and oxygen atoms in total. The molecule has 0 unspecified atom stereocenters. The lowest BCUT2D eigenvalue weighted by atomic mass is 10.0. The van der Waals surface area contributed by atoms with Gasteiger partial charge in [-0.1, -0.05) is 24.3 Å². The van der Waals surface area contributed by atoms with Gasteiger partial charge in [-0.3, -0.25) is 0 Å². The maximum atomic E-state index is 11.9. The Morgan fingerprint density at radius 1 is 1.08 bits per heavy atom. The van der Waals surface area contributed by atoms with Gasteiger partial charge in [0, 0.05) is 23.4 Å². The van der Waals surface area contributed by atoms with Crippen LogP contribution in [0.15, 0.2) is 51.7 Å². The molecule has 25 heavy (non-hydrogen) atoms. The molecule has 0 bridgehead atoms. The summed E-state index contributed by atoms with van der Waals surface area (Å²) in [6.07, 6.45) is 0.974. The van der Waals surface area contributed by atoms with E-state index in [1.54, 1.807) is 13.2 Å². The summed E-state index contributed by atoms with van der Waals surface area (Å²) in [5.74, 6) is 0.876. The minimum Gasteiger partial charge on any atom is -0.497 e. The van der Waals surface area contributed by atoms with Gasteiger partial charge in [0.1, 0.15) is 17.9 Å². The Morgan fingerprint density at radius 3 is 2.56 bits per heavy atom. The number of hydrogen-bond donors (Lipinski definition) is 1. The van der Waals surface area contributed by atoms with Crippen molar-refractivity contribution in [2.45, 2.75) is 26.8 Å². The van der Waals surface area contributed by atoms with Crippen LogP contribution in [0.2, 0.25) is 0 Å². The molecule has 0 saturated heterocycles. The molecule has 0 aliphatic carbocycles. The first-order valence-electron chi connectivity index (χ1n) is 8.56. The molecular formula is C21H24NO3+. The monoisotopic (exact) mass is 338 g/mol. The summed E-state index contributed by atoms with van der Waals surface area (Å²) in [5, 5.41) is 3.26. The Bertz CT molecular complexity index is 926. The van der Waals surface area contributed by atoms with E-state index in [1.807, 2.05) is 32.0 Å². The number of nitrogens with two attached hydrogens (primary N) is 1. The lowest BCUT2D eigenvalue weighted by molar-refractivity contribution is -0.670. The summed E-state index contributed by atoms with van der Waals surface area (Å²) < 4.78 is 10.6. The molecule has 0 fully saturated rings. The van der Waals surface area contributed by atoms with Crippen LogP contribution in [0.5, 0.6) is 5.75 Å². The van der Waals surface area contributed by atoms with Gasteiger partial charge in [-0.05, 0) is 42.7 Å². The third kappa shape index (κ3) is 3.91. The second-order valence-electron chi connectivity index (χ2n) is 6.35. The normalized spacial score (nSPS) is 11.0. The molecule has 3 aromatic rings. The molecule has 130 valence electrons. The van der Waals surface area contributed by atoms with Crippen LogP contribution in [0, 0.1) is 13.8 Å². The van der Waals surface area contributed by atoms with Gasteiger partial charge in [-0.15, -0.1) is 0 Å². The van der Waals surface area contributed by atoms with Crippen molar-refractivity contribution in [2.75, 3.05) is 13.7 Å². The van der Waals surface area contributed by atoms with E-state index in [0.29, 0.717) is 5.58 Å². The Hall–Kier alpha value is -2.59. The highest BCUT2D eigenvalue weighted by atomic mass is 16.5. The number of hydrogen-bond acceptors (Lipinski definition) is 3. The molecule has 0 radical (unpaired) electrons. The van der Waals surface area contributed by atoms with E-state index in [2.05, 4.69) is 23.5 Å². The fraction of sp³-hybridized carbons (Fsp3) is 0.286. The van der Waals surface area contributed by atoms with E-state index < -0.39 is 0 Å². The van der Waals surface area contributed by atoms with E-state index in [1.165, 1.54) is 5.56 Å². The number of ether oxygens (including phenoxy) is 1. The quantitative estimate of drug-likeness (QED) is 0.555. The van der Waals surface area contributed by atoms with E-state index in [-0.39, 0.29) is 5.63 Å². The first kappa shape index (κ1) is 17.2. The van der Waals surface area contributed by atoms with E-state index in [4.69, 9.17) is 9.15 Å². The zero-order chi connectivity index (χ0) is 17.8. The molecule has 0 aliphatic rings. The fourth-order valence-electron chi connectivity index (χ4n) is 3.01. The molecule has 0 spiro atoms. The first-order valence-corrected chi connectivity index (χ1v) is 8.56. The molecule has 3 rings (SSSR count). The largest absolute Gasteiger partial charge is 0.497 e. The average molecular weight is 338 g/mol. The van der Waals surface area contributed by atoms with Crippen molar-refractivity contribution in [3.8, 4) is 5.75 Å². The molecule has 2 N–H and O–H groups in total. The summed E-state index contributed by atoms with van der Waals surface area (Å²) in [7, 11) is 1.67. The highest BCUT2D eigenvalue weighted by molar-refractivity contribution is 5.83. The zero-order valence-corrected chi connectivity index (χ0v) is 15.0. The van der Waals surface area contributed by atoms with Crippen LogP contribution in [0.3, 0.4) is 0 Å². The second-order valence-corrected chi connectivity index (χ2v) is 6.35. The third-order valence-electron chi connectivity index (χ3n) is 4.68. The standard InChI is InChI=1S/C21H23NO3/c1-14-4-9-19-17(12-20(23)25-21(19)15(14)2)13-22-11-10-16-5-7-18(24-3)8-6-16/h4-9,12,22H,10-11,13H2,1-3H3/p+1. The highest BCUT2D eigenvalue weighted by Gasteiger charge is 2.10. The van der Waals surface area contributed by atoms with E-state index in [9.17, 15) is 4.79 Å². The Kier molecular flexibility index (Phi) is 5.19. The molecule has 0 amide bonds. The van der Waals surface area contributed by atoms with Gasteiger partial charge in [0.05, 0.1) is 13.7 Å². The summed E-state index contributed by atoms with van der Waals surface area (Å²) in [5.41, 5.74) is 4.92. The number of benzene rings is 2. The van der Waals surface area contributed by atoms with Crippen molar-refractivity contribution in [1.82, 2.24) is 0 Å². The van der Waals surface area contributed by atoms with Crippen LogP contribution >= 0.6 is 0 Å². The average Bonchev–Trinajstić information content (AvgIpc) is 2.62. The lowest BCUT2D eigenvalue weighted by Gasteiger charge is -2.08. The fourth-order valence-corrected chi connectivity index (χ4v) is 3.01. The van der Waals surface area contributed by atoms with Crippen molar-refractivity contribution in [3.05, 3.63) is 75.1 Å². The van der Waals surface area contributed by atoms with E-state index in [0.717, 1.165) is 47.3 Å². The minimum atomic E-state index is -0.278. The molecule has 2 aromatic carbocycles. The van der Waals surface area contributed by atoms with Crippen molar-refractivity contribution in [1.29, 1.82) is 0 Å². The Morgan fingerprint density at radius 2 is 1.84 bits per heavy atom. The van der Waals surface area contributed by atoms with E-state index >= 15 is 0 Å². The maximum Gasteiger partial charge on any atom is 0.336 e. The van der Waals surface area contributed by atoms with Crippen LogP contribution in [0.1, 0.15) is 22.3 Å². The van der Waals surface area contributed by atoms with Crippen molar-refractivity contribution >= 4 is 11.0 Å². The molecule has 4 heteroatoms. The molecule has 1 aromatic heterocycles. The van der Waals surface area contributed by atoms with Gasteiger partial charge >= 0.3 is 5.63 Å². The lowest BCUT2D eigenvalue weighted by Crippen LogP contribution is -2.83. The molecule has 0 aliphatic heterocycles. The maximum absolute atomic E-state index is 11.9. The molecule has 0 saturated carbocycles. The smallest absolute Gasteiger partial charge is 0.336 e. The van der Waals surface area contributed by atoms with Gasteiger partial charge in [-0.2, -0.15) is 0 Å². The highest BCUT2D eigenvalue weighted by Crippen LogP contribution is 2.22. The number of aryl methyl sites for hydroxylation is 2. The predicted octanol–water partition coefficient (Wildman–Crippen LogP) is 2.72. The van der Waals surface area contributed by atoms with Crippen LogP contribution in [-0.4, -0.2) is 13.7 Å². The molecule has 1 heterocycles. The van der Waals surface area contributed by atoms with Crippen LogP contribution in [0.25, 0.3) is 11.0 Å². The van der Waals surface area contributed by atoms with Gasteiger partial charge in [0.15, 0.2) is 0 Å². The molecule has 0 atom stereocenters. The number of methoxy groups -OCH3 is 1. The van der Waals surface area contributed by atoms with Crippen molar-refractivity contribution in [2.24, 2.45) is 0 Å². The summed E-state index contributed by atoms with van der Waals surface area (Å²) in [6.45, 7) is 5.75. The van der Waals surface area contributed by atoms with Gasteiger partial charge in [0.25, 0.3) is 0 Å². The third-order valence-corrected chi connectivity index (χ3v) is 4.68. The zero-order valence-electron chi connectivity index (χ0n) is 15.0. The topological polar surface area (TPSA) is 56.0 Å². The second kappa shape index (κ2) is 7.53. The number of rotatable bonds is 6. The Balaban J connectivity index is 1.68. The summed E-state index contributed by atoms with van der Waals surface area (Å²) in [6, 6.07) is 13.9. The van der Waals surface area contributed by atoms with Crippen LogP contribution in [0.4, 0.5) is 0 Å². The number of quaternary nitrogens is 1. The first-order chi connectivity index (χ1) is 12.1. The van der Waals surface area contributed by atoms with Gasteiger partial charge in [0.2, 0.25) is 0 Å². The van der Waals surface area contributed by atoms with Crippen molar-refractivity contribution in [3.63, 3.8) is 0 Å². The summed E-state index contributed by atoms with van der Waals surface area (Å²) in [4.78, 5) is 11.9. The minimum absolute atomic E-state index is 0.278. The van der Waals surface area contributed by atoms with Crippen molar-refractivity contribution < 1.29 is 14.5 Å². The number of fused-ring (bicyclic) bond motifs is 1. The van der Waals surface area contributed by atoms with Crippen LogP contribution < -0.4 is 15.7 Å². The predicted molar refractivity (Wildman–Crippen MR) is 99.2 cm³/mol. The Labute approximate surface area is 147 Å².